The van der Waals surface area contributed by atoms with Gasteiger partial charge in [0.1, 0.15) is 19.3 Å². The van der Waals surface area contributed by atoms with Crippen LogP contribution in [0.3, 0.4) is 0 Å². The molecule has 98 heavy (non-hydrogen) atoms. The molecule has 0 aliphatic rings. The zero-order valence-corrected chi connectivity index (χ0v) is 65.2. The summed E-state index contributed by atoms with van der Waals surface area (Å²) in [7, 11) is -9.92. The number of allylic oxidation sites excluding steroid dienone is 4. The molecule has 0 saturated heterocycles. The Morgan fingerprint density at radius 1 is 0.316 bits per heavy atom. The first-order chi connectivity index (χ1) is 47.5. The number of unbranched alkanes of at least 4 members (excludes halogenated alkanes) is 46. The summed E-state index contributed by atoms with van der Waals surface area (Å²) < 4.78 is 68.5. The Balaban J connectivity index is 5.24. The van der Waals surface area contributed by atoms with Crippen molar-refractivity contribution < 1.29 is 80.2 Å². The minimum atomic E-state index is -4.96. The molecule has 17 nitrogen and oxygen atoms in total. The standard InChI is InChI=1S/C79H150O17P2/c1-6-9-12-15-18-21-23-25-27-32-35-39-43-48-53-58-63-77(82)90-69-75(96-79(84)65-60-55-50-45-41-37-33-29-28-31-34-38-42-46-51-56-61-72(4)5)71-94-98(87,88)92-67-73(80)66-91-97(85,86)93-70-74(68-89-76(81)62-57-52-47-20-17-14-11-8-3)95-78(83)64-59-54-49-44-40-36-30-26-24-22-19-16-13-10-7-2/h22,24,26,30,72-75,80H,6-21,23,25,27-29,31-71H2,1-5H3,(H,85,86)(H,87,88)/b24-22-,30-26-/t73-,74+,75+/m0/s1. The van der Waals surface area contributed by atoms with Gasteiger partial charge in [-0.25, -0.2) is 9.13 Å². The Kier molecular flexibility index (Phi) is 69.7. The molecule has 2 unspecified atom stereocenters. The lowest BCUT2D eigenvalue weighted by Crippen LogP contribution is -2.30. The number of aliphatic hydroxyl groups excluding tert-OH is 1. The first kappa shape index (κ1) is 95.5. The van der Waals surface area contributed by atoms with Crippen molar-refractivity contribution in [3.8, 4) is 0 Å². The van der Waals surface area contributed by atoms with Gasteiger partial charge in [0.15, 0.2) is 12.2 Å². The Hall–Kier alpha value is -2.46. The lowest BCUT2D eigenvalue weighted by Gasteiger charge is -2.21. The average Bonchev–Trinajstić information content (AvgIpc) is 0.988. The monoisotopic (exact) mass is 1430 g/mol. The van der Waals surface area contributed by atoms with Gasteiger partial charge in [-0.2, -0.15) is 0 Å². The number of carbonyl (C=O) groups is 4. The third-order valence-electron chi connectivity index (χ3n) is 17.9. The molecule has 0 aromatic heterocycles. The third kappa shape index (κ3) is 71.9. The number of phosphoric acid groups is 2. The normalized spacial score (nSPS) is 14.1. The van der Waals surface area contributed by atoms with Crippen LogP contribution in [0.25, 0.3) is 0 Å². The molecule has 0 amide bonds. The van der Waals surface area contributed by atoms with Crippen LogP contribution >= 0.6 is 15.6 Å². The van der Waals surface area contributed by atoms with Crippen molar-refractivity contribution in [3.05, 3.63) is 24.3 Å². The molecule has 578 valence electrons. The maximum atomic E-state index is 13.1. The number of ether oxygens (including phenoxy) is 4. The summed E-state index contributed by atoms with van der Waals surface area (Å²) in [6.07, 6.45) is 64.7. The summed E-state index contributed by atoms with van der Waals surface area (Å²) in [5.41, 5.74) is 0. The highest BCUT2D eigenvalue weighted by atomic mass is 31.2. The number of rotatable bonds is 77. The van der Waals surface area contributed by atoms with Crippen LogP contribution < -0.4 is 0 Å². The van der Waals surface area contributed by atoms with Crippen molar-refractivity contribution in [1.29, 1.82) is 0 Å². The lowest BCUT2D eigenvalue weighted by atomic mass is 10.0. The van der Waals surface area contributed by atoms with E-state index in [0.29, 0.717) is 25.7 Å². The van der Waals surface area contributed by atoms with Crippen molar-refractivity contribution in [1.82, 2.24) is 0 Å². The first-order valence-electron chi connectivity index (χ1n) is 40.5. The second-order valence-electron chi connectivity index (χ2n) is 28.2. The molecule has 19 heteroatoms. The van der Waals surface area contributed by atoms with Crippen molar-refractivity contribution in [2.45, 2.75) is 412 Å². The SMILES string of the molecule is CCCCCC/C=C\C=C/CCCCCCCC(=O)O[C@H](COC(=O)CCCCCCCCCC)COP(=O)(O)OC[C@H](O)COP(=O)(O)OC[C@@H](COC(=O)CCCCCCCCCCCCCCCCCC)OC(=O)CCCCCCCCCCCCCCCCCCC(C)C. The summed E-state index contributed by atoms with van der Waals surface area (Å²) in [6, 6.07) is 0. The molecule has 0 saturated carbocycles. The minimum absolute atomic E-state index is 0.0852. The van der Waals surface area contributed by atoms with Gasteiger partial charge >= 0.3 is 39.5 Å². The number of hydrogen-bond acceptors (Lipinski definition) is 15. The Morgan fingerprint density at radius 3 is 0.837 bits per heavy atom. The van der Waals surface area contributed by atoms with E-state index >= 15 is 0 Å². The molecule has 0 radical (unpaired) electrons. The highest BCUT2D eigenvalue weighted by molar-refractivity contribution is 7.47. The van der Waals surface area contributed by atoms with Crippen LogP contribution in [0.5, 0.6) is 0 Å². The molecular formula is C79H150O17P2. The Labute approximate surface area is 599 Å². The van der Waals surface area contributed by atoms with E-state index in [1.54, 1.807) is 0 Å². The van der Waals surface area contributed by atoms with Crippen LogP contribution in [0.2, 0.25) is 0 Å². The van der Waals surface area contributed by atoms with Gasteiger partial charge in [0.2, 0.25) is 0 Å². The molecule has 0 aromatic carbocycles. The summed E-state index contributed by atoms with van der Waals surface area (Å²) >= 11 is 0. The summed E-state index contributed by atoms with van der Waals surface area (Å²) in [5.74, 6) is -1.33. The fourth-order valence-corrected chi connectivity index (χ4v) is 13.3. The van der Waals surface area contributed by atoms with E-state index in [2.05, 4.69) is 58.9 Å². The van der Waals surface area contributed by atoms with Gasteiger partial charge in [0.25, 0.3) is 0 Å². The molecule has 0 aliphatic carbocycles. The zero-order chi connectivity index (χ0) is 71.9. The second kappa shape index (κ2) is 71.5. The zero-order valence-electron chi connectivity index (χ0n) is 63.4. The fourth-order valence-electron chi connectivity index (χ4n) is 11.7. The lowest BCUT2D eigenvalue weighted by molar-refractivity contribution is -0.161. The van der Waals surface area contributed by atoms with E-state index in [1.807, 2.05) is 0 Å². The smallest absolute Gasteiger partial charge is 0.462 e. The molecular weight excluding hydrogens is 1280 g/mol. The van der Waals surface area contributed by atoms with E-state index in [0.717, 1.165) is 115 Å². The molecule has 0 rings (SSSR count). The highest BCUT2D eigenvalue weighted by Crippen LogP contribution is 2.45. The van der Waals surface area contributed by atoms with Gasteiger partial charge in [-0.1, -0.05) is 341 Å². The molecule has 3 N–H and O–H groups in total. The quantitative estimate of drug-likeness (QED) is 0.0169. The molecule has 0 bridgehead atoms. The van der Waals surface area contributed by atoms with Crippen LogP contribution in [0, 0.1) is 5.92 Å². The molecule has 0 fully saturated rings. The van der Waals surface area contributed by atoms with Crippen molar-refractivity contribution in [2.75, 3.05) is 39.6 Å². The van der Waals surface area contributed by atoms with Crippen molar-refractivity contribution >= 4 is 39.5 Å². The third-order valence-corrected chi connectivity index (χ3v) is 19.8. The minimum Gasteiger partial charge on any atom is -0.462 e. The van der Waals surface area contributed by atoms with E-state index in [9.17, 15) is 43.2 Å². The Morgan fingerprint density at radius 2 is 0.551 bits per heavy atom. The largest absolute Gasteiger partial charge is 0.472 e. The van der Waals surface area contributed by atoms with Crippen molar-refractivity contribution in [2.24, 2.45) is 5.92 Å². The van der Waals surface area contributed by atoms with Crippen LogP contribution in [-0.2, 0) is 65.4 Å². The first-order valence-corrected chi connectivity index (χ1v) is 43.4. The number of phosphoric ester groups is 2. The van der Waals surface area contributed by atoms with Gasteiger partial charge in [-0.05, 0) is 57.3 Å². The maximum absolute atomic E-state index is 13.1. The van der Waals surface area contributed by atoms with Gasteiger partial charge in [0, 0.05) is 25.7 Å². The van der Waals surface area contributed by atoms with Crippen molar-refractivity contribution in [3.63, 3.8) is 0 Å². The predicted octanol–water partition coefficient (Wildman–Crippen LogP) is 23.2. The molecule has 0 aromatic rings. The molecule has 0 spiro atoms. The molecule has 5 atom stereocenters. The Bertz CT molecular complexity index is 1970. The van der Waals surface area contributed by atoms with Gasteiger partial charge < -0.3 is 33.8 Å². The van der Waals surface area contributed by atoms with Crippen LogP contribution in [0.1, 0.15) is 394 Å². The van der Waals surface area contributed by atoms with Crippen LogP contribution in [-0.4, -0.2) is 96.7 Å². The maximum Gasteiger partial charge on any atom is 0.472 e. The predicted molar refractivity (Wildman–Crippen MR) is 400 cm³/mol. The van der Waals surface area contributed by atoms with E-state index in [1.165, 1.54) is 199 Å². The highest BCUT2D eigenvalue weighted by Gasteiger charge is 2.30. The van der Waals surface area contributed by atoms with Gasteiger partial charge in [-0.15, -0.1) is 0 Å². The van der Waals surface area contributed by atoms with E-state index in [-0.39, 0.29) is 25.7 Å². The number of aliphatic hydroxyl groups is 1. The second-order valence-corrected chi connectivity index (χ2v) is 31.2. The van der Waals surface area contributed by atoms with Gasteiger partial charge in [0.05, 0.1) is 26.4 Å². The topological polar surface area (TPSA) is 237 Å². The summed E-state index contributed by atoms with van der Waals surface area (Å²) in [5, 5.41) is 10.6. The van der Waals surface area contributed by atoms with E-state index < -0.39 is 97.5 Å². The number of hydrogen-bond donors (Lipinski definition) is 3. The number of esters is 4. The van der Waals surface area contributed by atoms with Crippen LogP contribution in [0.15, 0.2) is 24.3 Å². The van der Waals surface area contributed by atoms with Crippen LogP contribution in [0.4, 0.5) is 0 Å². The van der Waals surface area contributed by atoms with E-state index in [4.69, 9.17) is 37.0 Å². The summed E-state index contributed by atoms with van der Waals surface area (Å²) in [6.45, 7) is 7.25. The van der Waals surface area contributed by atoms with Gasteiger partial charge in [-0.3, -0.25) is 37.3 Å². The molecule has 0 aliphatic heterocycles. The average molecular weight is 1430 g/mol. The fraction of sp³-hybridized carbons (Fsp3) is 0.899. The number of carbonyl (C=O) groups excluding carboxylic acids is 4. The summed E-state index contributed by atoms with van der Waals surface area (Å²) in [4.78, 5) is 72.8. The molecule has 0 heterocycles.